The number of halogens is 1. The summed E-state index contributed by atoms with van der Waals surface area (Å²) in [5.74, 6) is 4.66. The average molecular weight is 631 g/mol. The van der Waals surface area contributed by atoms with E-state index >= 15 is 0 Å². The van der Waals surface area contributed by atoms with E-state index in [4.69, 9.17) is 18.9 Å². The Morgan fingerprint density at radius 2 is 0.932 bits per heavy atom. The standard InChI is InChI=1S/C37H58N2O4.ClH/c1-7-9-14-26(36-30-24-34(42-5)32(40-3)22-28(30)18-20-38-36)16-12-11-13-17-27(15-10-8-2)37-31-25-35(43-6)33(41-4)23-29(31)19-21-39-37;/h22-27,36-39H,7-21H2,1-6H3;1H. The minimum atomic E-state index is 0. The summed E-state index contributed by atoms with van der Waals surface area (Å²) < 4.78 is 22.6. The van der Waals surface area contributed by atoms with E-state index < -0.39 is 0 Å². The highest BCUT2D eigenvalue weighted by molar-refractivity contribution is 5.85. The third-order valence-corrected chi connectivity index (χ3v) is 9.93. The summed E-state index contributed by atoms with van der Waals surface area (Å²) in [5, 5.41) is 7.80. The summed E-state index contributed by atoms with van der Waals surface area (Å²) >= 11 is 0. The van der Waals surface area contributed by atoms with E-state index in [-0.39, 0.29) is 12.4 Å². The van der Waals surface area contributed by atoms with Gasteiger partial charge in [-0.1, -0.05) is 58.8 Å². The van der Waals surface area contributed by atoms with Crippen LogP contribution in [0.2, 0.25) is 0 Å². The van der Waals surface area contributed by atoms with E-state index in [0.717, 1.165) is 48.9 Å². The number of methoxy groups -OCH3 is 4. The van der Waals surface area contributed by atoms with Gasteiger partial charge in [0.2, 0.25) is 0 Å². The number of unbranched alkanes of at least 4 members (excludes halogenated alkanes) is 4. The van der Waals surface area contributed by atoms with Gasteiger partial charge in [0.25, 0.3) is 0 Å². The lowest BCUT2D eigenvalue weighted by molar-refractivity contribution is 0.278. The van der Waals surface area contributed by atoms with Crippen LogP contribution in [0.1, 0.15) is 119 Å². The first-order chi connectivity index (χ1) is 21.1. The van der Waals surface area contributed by atoms with Crippen molar-refractivity contribution < 1.29 is 18.9 Å². The van der Waals surface area contributed by atoms with Gasteiger partial charge in [-0.15, -0.1) is 12.4 Å². The zero-order chi connectivity index (χ0) is 30.6. The molecule has 2 aromatic rings. The third-order valence-electron chi connectivity index (χ3n) is 9.93. The van der Waals surface area contributed by atoms with Gasteiger partial charge in [0, 0.05) is 12.1 Å². The highest BCUT2D eigenvalue weighted by atomic mass is 35.5. The maximum atomic E-state index is 5.70. The SMILES string of the molecule is CCCCC(CCCCCC(CCCC)C1NCCc2cc(OC)c(OC)cc21)C1NCCc2cc(OC)c(OC)cc21.Cl. The van der Waals surface area contributed by atoms with Crippen molar-refractivity contribution in [1.82, 2.24) is 10.6 Å². The minimum Gasteiger partial charge on any atom is -0.493 e. The van der Waals surface area contributed by atoms with Crippen LogP contribution in [0, 0.1) is 11.8 Å². The lowest BCUT2D eigenvalue weighted by Crippen LogP contribution is -2.35. The van der Waals surface area contributed by atoms with Gasteiger partial charge in [-0.05, 0) is 110 Å². The zero-order valence-electron chi connectivity index (χ0n) is 28.3. The smallest absolute Gasteiger partial charge is 0.161 e. The van der Waals surface area contributed by atoms with E-state index in [2.05, 4.69) is 48.7 Å². The van der Waals surface area contributed by atoms with Crippen molar-refractivity contribution in [3.63, 3.8) is 0 Å². The predicted molar refractivity (Wildman–Crippen MR) is 184 cm³/mol. The molecular weight excluding hydrogens is 572 g/mol. The van der Waals surface area contributed by atoms with Gasteiger partial charge in [-0.2, -0.15) is 0 Å². The Labute approximate surface area is 273 Å². The van der Waals surface area contributed by atoms with Gasteiger partial charge in [0.15, 0.2) is 23.0 Å². The molecule has 0 saturated heterocycles. The number of hydrogen-bond acceptors (Lipinski definition) is 6. The molecule has 0 radical (unpaired) electrons. The van der Waals surface area contributed by atoms with Crippen LogP contribution in [0.4, 0.5) is 0 Å². The number of hydrogen-bond donors (Lipinski definition) is 2. The van der Waals surface area contributed by atoms with E-state index in [1.165, 1.54) is 92.9 Å². The van der Waals surface area contributed by atoms with Crippen molar-refractivity contribution >= 4 is 12.4 Å². The summed E-state index contributed by atoms with van der Waals surface area (Å²) in [5.41, 5.74) is 5.66. The monoisotopic (exact) mass is 630 g/mol. The van der Waals surface area contributed by atoms with Gasteiger partial charge < -0.3 is 29.6 Å². The first-order valence-corrected chi connectivity index (χ1v) is 17.0. The normalized spacial score (nSPS) is 18.8. The van der Waals surface area contributed by atoms with Crippen molar-refractivity contribution in [2.24, 2.45) is 11.8 Å². The van der Waals surface area contributed by atoms with Crippen LogP contribution in [0.15, 0.2) is 24.3 Å². The Hall–Kier alpha value is -2.15. The van der Waals surface area contributed by atoms with Crippen LogP contribution in [0.5, 0.6) is 23.0 Å². The molecule has 4 atom stereocenters. The lowest BCUT2D eigenvalue weighted by Gasteiger charge is -2.35. The Morgan fingerprint density at radius 3 is 1.30 bits per heavy atom. The van der Waals surface area contributed by atoms with Gasteiger partial charge >= 0.3 is 0 Å². The molecule has 2 aromatic carbocycles. The Bertz CT molecular complexity index is 1060. The molecule has 4 rings (SSSR count). The van der Waals surface area contributed by atoms with Crippen molar-refractivity contribution in [2.75, 3.05) is 41.5 Å². The fourth-order valence-corrected chi connectivity index (χ4v) is 7.55. The number of fused-ring (bicyclic) bond motifs is 2. The molecule has 7 heteroatoms. The molecule has 0 fully saturated rings. The van der Waals surface area contributed by atoms with E-state index in [1.54, 1.807) is 28.4 Å². The number of ether oxygens (including phenoxy) is 4. The molecular formula is C37H59ClN2O4. The summed E-state index contributed by atoms with van der Waals surface area (Å²) in [6.07, 6.45) is 16.1. The summed E-state index contributed by atoms with van der Waals surface area (Å²) in [6.45, 7) is 6.68. The van der Waals surface area contributed by atoms with E-state index in [9.17, 15) is 0 Å². The van der Waals surface area contributed by atoms with Crippen LogP contribution >= 0.6 is 12.4 Å². The number of rotatable bonds is 18. The third kappa shape index (κ3) is 8.98. The molecule has 2 aliphatic heterocycles. The maximum absolute atomic E-state index is 5.70. The van der Waals surface area contributed by atoms with Crippen molar-refractivity contribution in [3.8, 4) is 23.0 Å². The van der Waals surface area contributed by atoms with Crippen LogP contribution in [0.25, 0.3) is 0 Å². The Balaban J connectivity index is 0.00000529. The molecule has 2 aliphatic rings. The van der Waals surface area contributed by atoms with E-state index in [1.807, 2.05) is 0 Å². The molecule has 0 amide bonds. The maximum Gasteiger partial charge on any atom is 0.161 e. The van der Waals surface area contributed by atoms with Crippen molar-refractivity contribution in [1.29, 1.82) is 0 Å². The topological polar surface area (TPSA) is 61.0 Å². The fourth-order valence-electron chi connectivity index (χ4n) is 7.55. The largest absolute Gasteiger partial charge is 0.493 e. The zero-order valence-corrected chi connectivity index (χ0v) is 29.1. The van der Waals surface area contributed by atoms with Crippen molar-refractivity contribution in [2.45, 2.75) is 109 Å². The summed E-state index contributed by atoms with van der Waals surface area (Å²) in [4.78, 5) is 0. The molecule has 248 valence electrons. The van der Waals surface area contributed by atoms with E-state index in [0.29, 0.717) is 23.9 Å². The molecule has 4 unspecified atom stereocenters. The molecule has 2 heterocycles. The molecule has 44 heavy (non-hydrogen) atoms. The van der Waals surface area contributed by atoms with Gasteiger partial charge in [-0.3, -0.25) is 0 Å². The molecule has 0 aromatic heterocycles. The highest BCUT2D eigenvalue weighted by Crippen LogP contribution is 2.42. The van der Waals surface area contributed by atoms with Gasteiger partial charge in [0.05, 0.1) is 28.4 Å². The van der Waals surface area contributed by atoms with Crippen molar-refractivity contribution in [3.05, 3.63) is 46.5 Å². The van der Waals surface area contributed by atoms with Crippen LogP contribution in [-0.4, -0.2) is 41.5 Å². The second-order valence-corrected chi connectivity index (χ2v) is 12.6. The fraction of sp³-hybridized carbons (Fsp3) is 0.676. The Kier molecular flexibility index (Phi) is 15.5. The molecule has 0 saturated carbocycles. The molecule has 0 spiro atoms. The van der Waals surface area contributed by atoms with Gasteiger partial charge in [-0.25, -0.2) is 0 Å². The molecule has 0 bridgehead atoms. The second kappa shape index (κ2) is 18.7. The first kappa shape index (κ1) is 36.3. The lowest BCUT2D eigenvalue weighted by atomic mass is 9.79. The van der Waals surface area contributed by atoms with Crippen LogP contribution in [-0.2, 0) is 12.8 Å². The summed E-state index contributed by atoms with van der Waals surface area (Å²) in [7, 11) is 6.95. The number of nitrogens with one attached hydrogen (secondary N) is 2. The molecule has 6 nitrogen and oxygen atoms in total. The highest BCUT2D eigenvalue weighted by Gasteiger charge is 2.30. The van der Waals surface area contributed by atoms with Gasteiger partial charge in [0.1, 0.15) is 0 Å². The summed E-state index contributed by atoms with van der Waals surface area (Å²) in [6, 6.07) is 9.67. The molecule has 0 aliphatic carbocycles. The second-order valence-electron chi connectivity index (χ2n) is 12.6. The first-order valence-electron chi connectivity index (χ1n) is 17.0. The average Bonchev–Trinajstić information content (AvgIpc) is 3.05. The van der Waals surface area contributed by atoms with Crippen LogP contribution in [0.3, 0.4) is 0 Å². The Morgan fingerprint density at radius 1 is 0.568 bits per heavy atom. The number of benzene rings is 2. The quantitative estimate of drug-likeness (QED) is 0.161. The minimum absolute atomic E-state index is 0. The predicted octanol–water partition coefficient (Wildman–Crippen LogP) is 8.78. The van der Waals surface area contributed by atoms with Crippen LogP contribution < -0.4 is 29.6 Å². The molecule has 2 N–H and O–H groups in total.